The number of rotatable bonds is 6. The van der Waals surface area contributed by atoms with Crippen LogP contribution in [0.25, 0.3) is 0 Å². The van der Waals surface area contributed by atoms with Crippen LogP contribution in [0.2, 0.25) is 0 Å². The first-order valence-electron chi connectivity index (χ1n) is 6.18. The predicted octanol–water partition coefficient (Wildman–Crippen LogP) is 1.26. The molecule has 0 aromatic carbocycles. The highest BCUT2D eigenvalue weighted by Gasteiger charge is 2.08. The van der Waals surface area contributed by atoms with E-state index in [1.807, 2.05) is 7.05 Å². The van der Waals surface area contributed by atoms with Gasteiger partial charge in [-0.15, -0.1) is 0 Å². The fourth-order valence-electron chi connectivity index (χ4n) is 1.48. The number of aromatic nitrogens is 1. The van der Waals surface area contributed by atoms with Crippen LogP contribution < -0.4 is 16.0 Å². The van der Waals surface area contributed by atoms with Gasteiger partial charge in [-0.3, -0.25) is 4.79 Å². The summed E-state index contributed by atoms with van der Waals surface area (Å²) < 4.78 is 0. The number of likely N-dealkylation sites (N-methyl/N-ethyl adjacent to an activating group) is 1. The van der Waals surface area contributed by atoms with Gasteiger partial charge in [-0.25, -0.2) is 4.98 Å². The van der Waals surface area contributed by atoms with Crippen molar-refractivity contribution >= 4 is 17.4 Å². The van der Waals surface area contributed by atoms with Gasteiger partial charge in [-0.2, -0.15) is 0 Å². The number of nitrogens with one attached hydrogen (secondary N) is 1. The number of pyridine rings is 1. The first-order valence-corrected chi connectivity index (χ1v) is 6.18. The molecule has 1 heterocycles. The molecule has 0 unspecified atom stereocenters. The third-order valence-corrected chi connectivity index (χ3v) is 2.59. The van der Waals surface area contributed by atoms with Gasteiger partial charge in [0.15, 0.2) is 0 Å². The van der Waals surface area contributed by atoms with Gasteiger partial charge in [0.1, 0.15) is 5.82 Å². The molecule has 1 aromatic heterocycles. The van der Waals surface area contributed by atoms with Gasteiger partial charge < -0.3 is 16.0 Å². The van der Waals surface area contributed by atoms with E-state index >= 15 is 0 Å². The largest absolute Gasteiger partial charge is 0.397 e. The fourth-order valence-corrected chi connectivity index (χ4v) is 1.48. The molecule has 5 nitrogen and oxygen atoms in total. The van der Waals surface area contributed by atoms with E-state index in [1.165, 1.54) is 0 Å². The average molecular weight is 250 g/mol. The van der Waals surface area contributed by atoms with E-state index in [1.54, 1.807) is 23.2 Å². The minimum Gasteiger partial charge on any atom is -0.397 e. The summed E-state index contributed by atoms with van der Waals surface area (Å²) in [5.41, 5.74) is 6.18. The summed E-state index contributed by atoms with van der Waals surface area (Å²) >= 11 is 0. The van der Waals surface area contributed by atoms with Crippen LogP contribution in [0.1, 0.15) is 20.3 Å². The molecule has 0 atom stereocenters. The monoisotopic (exact) mass is 250 g/mol. The Bertz CT molecular complexity index is 375. The number of nitrogens with two attached hydrogens (primary N) is 1. The van der Waals surface area contributed by atoms with Gasteiger partial charge in [-0.05, 0) is 24.5 Å². The lowest BCUT2D eigenvalue weighted by Crippen LogP contribution is -2.36. The Morgan fingerprint density at radius 3 is 2.78 bits per heavy atom. The molecule has 0 radical (unpaired) electrons. The zero-order chi connectivity index (χ0) is 13.5. The molecule has 18 heavy (non-hydrogen) atoms. The van der Waals surface area contributed by atoms with E-state index in [9.17, 15) is 4.79 Å². The molecule has 0 bridgehead atoms. The van der Waals surface area contributed by atoms with E-state index in [-0.39, 0.29) is 5.91 Å². The van der Waals surface area contributed by atoms with Crippen LogP contribution in [0.4, 0.5) is 11.5 Å². The number of nitrogen functional groups attached to an aromatic ring is 1. The van der Waals surface area contributed by atoms with Gasteiger partial charge in [0.25, 0.3) is 0 Å². The number of carbonyl (C=O) groups excluding carboxylic acids is 1. The number of hydrogen-bond donors (Lipinski definition) is 2. The summed E-state index contributed by atoms with van der Waals surface area (Å²) in [5, 5.41) is 2.89. The molecule has 0 fully saturated rings. The number of nitrogens with zero attached hydrogens (tertiary/aromatic N) is 2. The molecule has 0 aliphatic heterocycles. The lowest BCUT2D eigenvalue weighted by molar-refractivity contribution is -0.119. The van der Waals surface area contributed by atoms with Crippen molar-refractivity contribution in [1.29, 1.82) is 0 Å². The molecule has 3 N–H and O–H groups in total. The Balaban J connectivity index is 2.37. The van der Waals surface area contributed by atoms with E-state index < -0.39 is 0 Å². The molecule has 1 aromatic rings. The van der Waals surface area contributed by atoms with E-state index in [0.717, 1.165) is 18.8 Å². The highest BCUT2D eigenvalue weighted by molar-refractivity contribution is 5.80. The van der Waals surface area contributed by atoms with E-state index in [4.69, 9.17) is 5.73 Å². The topological polar surface area (TPSA) is 71.2 Å². The molecule has 0 aliphatic carbocycles. The van der Waals surface area contributed by atoms with Crippen molar-refractivity contribution in [2.45, 2.75) is 20.3 Å². The summed E-state index contributed by atoms with van der Waals surface area (Å²) in [6.45, 7) is 5.29. The molecule has 5 heteroatoms. The first-order chi connectivity index (χ1) is 8.49. The zero-order valence-electron chi connectivity index (χ0n) is 11.3. The zero-order valence-corrected chi connectivity index (χ0v) is 11.3. The predicted molar refractivity (Wildman–Crippen MR) is 74.4 cm³/mol. The molecular weight excluding hydrogens is 228 g/mol. The molecule has 1 amide bonds. The highest BCUT2D eigenvalue weighted by Crippen LogP contribution is 2.09. The number of amides is 1. The second kappa shape index (κ2) is 6.83. The summed E-state index contributed by atoms with van der Waals surface area (Å²) in [5.74, 6) is 1.35. The summed E-state index contributed by atoms with van der Waals surface area (Å²) in [7, 11) is 1.83. The van der Waals surface area contributed by atoms with Crippen LogP contribution in [0.3, 0.4) is 0 Å². The standard InChI is InChI=1S/C13H22N4O/c1-10(2)6-7-15-13(18)9-17(3)12-5-4-11(14)8-16-12/h4-5,8,10H,6-7,9,14H2,1-3H3,(H,15,18). The van der Waals surface area contributed by atoms with Crippen molar-refractivity contribution in [2.75, 3.05) is 30.8 Å². The highest BCUT2D eigenvalue weighted by atomic mass is 16.2. The Morgan fingerprint density at radius 1 is 1.50 bits per heavy atom. The van der Waals surface area contributed by atoms with Crippen molar-refractivity contribution in [1.82, 2.24) is 10.3 Å². The molecule has 0 spiro atoms. The van der Waals surface area contributed by atoms with Gasteiger partial charge in [0.2, 0.25) is 5.91 Å². The summed E-state index contributed by atoms with van der Waals surface area (Å²) in [6.07, 6.45) is 2.58. The lowest BCUT2D eigenvalue weighted by atomic mass is 10.1. The smallest absolute Gasteiger partial charge is 0.239 e. The third-order valence-electron chi connectivity index (χ3n) is 2.59. The summed E-state index contributed by atoms with van der Waals surface area (Å²) in [4.78, 5) is 17.6. The maximum atomic E-state index is 11.7. The number of anilines is 2. The molecule has 100 valence electrons. The van der Waals surface area contributed by atoms with Crippen molar-refractivity contribution in [3.05, 3.63) is 18.3 Å². The van der Waals surface area contributed by atoms with Gasteiger partial charge >= 0.3 is 0 Å². The summed E-state index contributed by atoms with van der Waals surface area (Å²) in [6, 6.07) is 3.58. The van der Waals surface area contributed by atoms with Crippen molar-refractivity contribution in [3.63, 3.8) is 0 Å². The second-order valence-corrected chi connectivity index (χ2v) is 4.84. The normalized spacial score (nSPS) is 10.4. The number of carbonyl (C=O) groups is 1. The van der Waals surface area contributed by atoms with Crippen molar-refractivity contribution < 1.29 is 4.79 Å². The van der Waals surface area contributed by atoms with E-state index in [0.29, 0.717) is 18.2 Å². The van der Waals surface area contributed by atoms with Crippen LogP contribution in [0.5, 0.6) is 0 Å². The Hall–Kier alpha value is -1.78. The van der Waals surface area contributed by atoms with Crippen molar-refractivity contribution in [2.24, 2.45) is 5.92 Å². The van der Waals surface area contributed by atoms with E-state index in [2.05, 4.69) is 24.1 Å². The second-order valence-electron chi connectivity index (χ2n) is 4.84. The van der Waals surface area contributed by atoms with Crippen LogP contribution >= 0.6 is 0 Å². The van der Waals surface area contributed by atoms with Crippen LogP contribution in [-0.2, 0) is 4.79 Å². The lowest BCUT2D eigenvalue weighted by Gasteiger charge is -2.17. The minimum atomic E-state index is 0.0109. The van der Waals surface area contributed by atoms with Gasteiger partial charge in [0, 0.05) is 13.6 Å². The first kappa shape index (κ1) is 14.3. The molecule has 0 aliphatic rings. The Morgan fingerprint density at radius 2 is 2.22 bits per heavy atom. The van der Waals surface area contributed by atoms with Gasteiger partial charge in [-0.1, -0.05) is 13.8 Å². The SMILES string of the molecule is CC(C)CCNC(=O)CN(C)c1ccc(N)cn1. The molecule has 1 rings (SSSR count). The van der Waals surface area contributed by atoms with Crippen LogP contribution in [-0.4, -0.2) is 31.0 Å². The van der Waals surface area contributed by atoms with Crippen LogP contribution in [0.15, 0.2) is 18.3 Å². The number of hydrogen-bond acceptors (Lipinski definition) is 4. The maximum absolute atomic E-state index is 11.7. The third kappa shape index (κ3) is 5.03. The molecule has 0 saturated carbocycles. The van der Waals surface area contributed by atoms with Crippen molar-refractivity contribution in [3.8, 4) is 0 Å². The van der Waals surface area contributed by atoms with Crippen LogP contribution in [0, 0.1) is 5.92 Å². The maximum Gasteiger partial charge on any atom is 0.239 e. The fraction of sp³-hybridized carbons (Fsp3) is 0.538. The Kier molecular flexibility index (Phi) is 5.42. The Labute approximate surface area is 108 Å². The molecule has 0 saturated heterocycles. The quantitative estimate of drug-likeness (QED) is 0.797. The van der Waals surface area contributed by atoms with Gasteiger partial charge in [0.05, 0.1) is 18.4 Å². The molecular formula is C13H22N4O. The minimum absolute atomic E-state index is 0.0109. The average Bonchev–Trinajstić information content (AvgIpc) is 2.29.